The lowest BCUT2D eigenvalue weighted by molar-refractivity contribution is -0.144. The van der Waals surface area contributed by atoms with Gasteiger partial charge in [-0.25, -0.2) is 0 Å². The Bertz CT molecular complexity index is 274. The topological polar surface area (TPSA) is 63.4 Å². The number of rotatable bonds is 2. The van der Waals surface area contributed by atoms with Crippen molar-refractivity contribution < 1.29 is 9.59 Å². The zero-order valence-corrected chi connectivity index (χ0v) is 8.82. The van der Waals surface area contributed by atoms with Gasteiger partial charge in [-0.2, -0.15) is 0 Å². The molecule has 0 bridgehead atoms. The Balaban J connectivity index is 2.03. The van der Waals surface area contributed by atoms with Crippen molar-refractivity contribution in [1.29, 1.82) is 0 Å². The van der Waals surface area contributed by atoms with E-state index in [1.165, 1.54) is 0 Å². The lowest BCUT2D eigenvalue weighted by Gasteiger charge is -2.38. The lowest BCUT2D eigenvalue weighted by atomic mass is 9.83. The first-order valence-corrected chi connectivity index (χ1v) is 5.63. The first-order chi connectivity index (χ1) is 7.20. The number of nitrogens with two attached hydrogens (primary N) is 1. The predicted molar refractivity (Wildman–Crippen MR) is 55.6 cm³/mol. The van der Waals surface area contributed by atoms with Crippen LogP contribution in [0.1, 0.15) is 32.1 Å². The van der Waals surface area contributed by atoms with E-state index in [1.54, 1.807) is 4.90 Å². The van der Waals surface area contributed by atoms with E-state index in [2.05, 4.69) is 0 Å². The molecule has 15 heavy (non-hydrogen) atoms. The molecule has 1 aliphatic carbocycles. The summed E-state index contributed by atoms with van der Waals surface area (Å²) in [5.74, 6) is -0.123. The first kappa shape index (κ1) is 10.5. The minimum atomic E-state index is -0.466. The molecule has 2 amide bonds. The van der Waals surface area contributed by atoms with E-state index in [9.17, 15) is 9.59 Å². The Hall–Kier alpha value is -1.06. The van der Waals surface area contributed by atoms with Gasteiger partial charge >= 0.3 is 0 Å². The van der Waals surface area contributed by atoms with E-state index < -0.39 is 11.9 Å². The van der Waals surface area contributed by atoms with Gasteiger partial charge in [-0.1, -0.05) is 6.42 Å². The van der Waals surface area contributed by atoms with Crippen molar-refractivity contribution in [2.75, 3.05) is 6.54 Å². The summed E-state index contributed by atoms with van der Waals surface area (Å²) in [6.07, 6.45) is 6.77. The van der Waals surface area contributed by atoms with Gasteiger partial charge in [0, 0.05) is 12.5 Å². The van der Waals surface area contributed by atoms with Crippen LogP contribution in [0, 0.1) is 12.3 Å². The zero-order chi connectivity index (χ0) is 10.8. The first-order valence-electron chi connectivity index (χ1n) is 5.63. The van der Waals surface area contributed by atoms with Crippen LogP contribution in [0.25, 0.3) is 0 Å². The van der Waals surface area contributed by atoms with Gasteiger partial charge in [0.15, 0.2) is 0 Å². The molecule has 2 rings (SSSR count). The van der Waals surface area contributed by atoms with Crippen molar-refractivity contribution in [3.8, 4) is 0 Å². The Morgan fingerprint density at radius 3 is 2.53 bits per heavy atom. The summed E-state index contributed by atoms with van der Waals surface area (Å²) in [6, 6.07) is -0.466. The number of hydrogen-bond acceptors (Lipinski definition) is 2. The van der Waals surface area contributed by atoms with Gasteiger partial charge in [-0.05, 0) is 32.1 Å². The smallest absolute Gasteiger partial charge is 0.240 e. The number of carbonyl (C=O) groups excluding carboxylic acids is 2. The van der Waals surface area contributed by atoms with Crippen LogP contribution in [0.15, 0.2) is 0 Å². The molecule has 1 heterocycles. The summed E-state index contributed by atoms with van der Waals surface area (Å²) >= 11 is 0. The van der Waals surface area contributed by atoms with Crippen LogP contribution in [0.5, 0.6) is 0 Å². The maximum absolute atomic E-state index is 12.0. The summed E-state index contributed by atoms with van der Waals surface area (Å²) in [7, 11) is 0. The molecular formula is C11H17N2O2. The van der Waals surface area contributed by atoms with Crippen LogP contribution in [0.4, 0.5) is 0 Å². The van der Waals surface area contributed by atoms with Crippen molar-refractivity contribution in [3.63, 3.8) is 0 Å². The molecular weight excluding hydrogens is 192 g/mol. The second-order valence-electron chi connectivity index (χ2n) is 4.38. The molecule has 2 N–H and O–H groups in total. The van der Waals surface area contributed by atoms with Gasteiger partial charge in [0.05, 0.1) is 0 Å². The third-order valence-corrected chi connectivity index (χ3v) is 3.36. The van der Waals surface area contributed by atoms with Crippen molar-refractivity contribution in [2.24, 2.45) is 11.7 Å². The quantitative estimate of drug-likeness (QED) is 0.718. The molecule has 1 atom stereocenters. The van der Waals surface area contributed by atoms with E-state index in [0.29, 0.717) is 6.54 Å². The molecule has 4 nitrogen and oxygen atoms in total. The van der Waals surface area contributed by atoms with E-state index in [0.717, 1.165) is 32.1 Å². The fourth-order valence-corrected chi connectivity index (χ4v) is 2.21. The van der Waals surface area contributed by atoms with Gasteiger partial charge in [0.25, 0.3) is 0 Å². The van der Waals surface area contributed by atoms with Crippen LogP contribution >= 0.6 is 0 Å². The predicted octanol–water partition coefficient (Wildman–Crippen LogP) is 0.467. The minimum Gasteiger partial charge on any atom is -0.368 e. The molecule has 1 radical (unpaired) electrons. The maximum atomic E-state index is 12.0. The van der Waals surface area contributed by atoms with E-state index in [1.807, 2.05) is 6.42 Å². The van der Waals surface area contributed by atoms with Gasteiger partial charge in [-0.3, -0.25) is 9.59 Å². The third kappa shape index (κ3) is 1.98. The van der Waals surface area contributed by atoms with Crippen LogP contribution in [-0.4, -0.2) is 29.3 Å². The number of carbonyl (C=O) groups is 2. The number of nitrogens with zero attached hydrogens (tertiary/aromatic N) is 1. The number of hydrogen-bond donors (Lipinski definition) is 1. The van der Waals surface area contributed by atoms with Crippen molar-refractivity contribution in [2.45, 2.75) is 38.1 Å². The number of likely N-dealkylation sites (tertiary alicyclic amines) is 1. The summed E-state index contributed by atoms with van der Waals surface area (Å²) < 4.78 is 0. The van der Waals surface area contributed by atoms with E-state index >= 15 is 0 Å². The summed E-state index contributed by atoms with van der Waals surface area (Å²) in [5.41, 5.74) is 5.29. The number of primary amides is 1. The van der Waals surface area contributed by atoms with Gasteiger partial charge in [0.1, 0.15) is 6.04 Å². The molecule has 0 aromatic carbocycles. The second kappa shape index (κ2) is 4.21. The third-order valence-electron chi connectivity index (χ3n) is 3.36. The monoisotopic (exact) mass is 209 g/mol. The molecule has 0 aromatic rings. The number of amides is 2. The largest absolute Gasteiger partial charge is 0.368 e. The van der Waals surface area contributed by atoms with Gasteiger partial charge < -0.3 is 10.6 Å². The maximum Gasteiger partial charge on any atom is 0.240 e. The fourth-order valence-electron chi connectivity index (χ4n) is 2.21. The Kier molecular flexibility index (Phi) is 2.93. The summed E-state index contributed by atoms with van der Waals surface area (Å²) in [5, 5.41) is 0. The molecule has 2 aliphatic rings. The highest BCUT2D eigenvalue weighted by Gasteiger charge is 2.36. The Labute approximate surface area is 89.8 Å². The summed E-state index contributed by atoms with van der Waals surface area (Å²) in [6.45, 7) is 0.680. The molecule has 1 saturated heterocycles. The minimum absolute atomic E-state index is 0.126. The highest BCUT2D eigenvalue weighted by molar-refractivity contribution is 5.89. The van der Waals surface area contributed by atoms with Crippen molar-refractivity contribution in [1.82, 2.24) is 4.90 Å². The van der Waals surface area contributed by atoms with E-state index in [-0.39, 0.29) is 11.8 Å². The number of piperidine rings is 1. The fraction of sp³-hybridized carbons (Fsp3) is 0.727. The van der Waals surface area contributed by atoms with Gasteiger partial charge in [-0.15, -0.1) is 0 Å². The highest BCUT2D eigenvalue weighted by atomic mass is 16.2. The van der Waals surface area contributed by atoms with Crippen molar-refractivity contribution in [3.05, 3.63) is 6.42 Å². The molecule has 1 aliphatic heterocycles. The molecule has 0 aromatic heterocycles. The molecule has 0 spiro atoms. The average molecular weight is 209 g/mol. The van der Waals surface area contributed by atoms with Crippen LogP contribution < -0.4 is 5.73 Å². The lowest BCUT2D eigenvalue weighted by Crippen LogP contribution is -2.53. The standard InChI is InChI=1S/C11H17N2O2/c12-10(14)9-6-1-2-7-13(9)11(15)8-4-3-5-8/h6,8-9H,1-5,7H2,(H2,12,14)/t9-/m1/s1. The molecule has 83 valence electrons. The highest BCUT2D eigenvalue weighted by Crippen LogP contribution is 2.30. The summed E-state index contributed by atoms with van der Waals surface area (Å²) in [4.78, 5) is 24.9. The average Bonchev–Trinajstić information content (AvgIpc) is 2.15. The van der Waals surface area contributed by atoms with E-state index in [4.69, 9.17) is 5.73 Å². The molecule has 1 saturated carbocycles. The SMILES string of the molecule is NC(=O)[C@H]1[CH]CCCN1C(=O)C1CCC1. The second-order valence-corrected chi connectivity index (χ2v) is 4.38. The molecule has 4 heteroatoms. The normalized spacial score (nSPS) is 27.2. The van der Waals surface area contributed by atoms with Crippen LogP contribution in [-0.2, 0) is 9.59 Å². The Morgan fingerprint density at radius 2 is 2.00 bits per heavy atom. The Morgan fingerprint density at radius 1 is 1.27 bits per heavy atom. The van der Waals surface area contributed by atoms with Crippen molar-refractivity contribution >= 4 is 11.8 Å². The van der Waals surface area contributed by atoms with Crippen LogP contribution in [0.3, 0.4) is 0 Å². The van der Waals surface area contributed by atoms with Gasteiger partial charge in [0.2, 0.25) is 11.8 Å². The van der Waals surface area contributed by atoms with Crippen LogP contribution in [0.2, 0.25) is 0 Å². The molecule has 0 unspecified atom stereocenters. The zero-order valence-electron chi connectivity index (χ0n) is 8.82. The molecule has 2 fully saturated rings.